The summed E-state index contributed by atoms with van der Waals surface area (Å²) in [5, 5.41) is 3.24. The molecule has 1 aliphatic heterocycles. The fourth-order valence-corrected chi connectivity index (χ4v) is 2.55. The van der Waals surface area contributed by atoms with E-state index in [1.54, 1.807) is 0 Å². The van der Waals surface area contributed by atoms with Crippen molar-refractivity contribution < 1.29 is 4.79 Å². The summed E-state index contributed by atoms with van der Waals surface area (Å²) in [6.45, 7) is 3.76. The van der Waals surface area contributed by atoms with Crippen LogP contribution in [0.5, 0.6) is 0 Å². The predicted molar refractivity (Wildman–Crippen MR) is 72.7 cm³/mol. The van der Waals surface area contributed by atoms with Crippen molar-refractivity contribution in [2.24, 2.45) is 5.92 Å². The van der Waals surface area contributed by atoms with Crippen LogP contribution in [0.15, 0.2) is 12.4 Å². The highest BCUT2D eigenvalue weighted by atomic mass is 16.2. The molecule has 1 aliphatic carbocycles. The summed E-state index contributed by atoms with van der Waals surface area (Å²) in [7, 11) is 0. The first kappa shape index (κ1) is 12.4. The number of aryl methyl sites for hydroxylation is 1. The van der Waals surface area contributed by atoms with Gasteiger partial charge in [0.05, 0.1) is 0 Å². The van der Waals surface area contributed by atoms with E-state index in [1.165, 1.54) is 12.8 Å². The minimum Gasteiger partial charge on any atom is -0.354 e. The molecule has 2 aliphatic rings. The van der Waals surface area contributed by atoms with Crippen molar-refractivity contribution in [1.29, 1.82) is 0 Å². The lowest BCUT2D eigenvalue weighted by atomic mass is 10.1. The minimum absolute atomic E-state index is 0.316. The van der Waals surface area contributed by atoms with Gasteiger partial charge in [0.2, 0.25) is 11.9 Å². The number of hydrogen-bond donors (Lipinski definition) is 1. The quantitative estimate of drug-likeness (QED) is 0.871. The van der Waals surface area contributed by atoms with Gasteiger partial charge in [0.25, 0.3) is 0 Å². The maximum Gasteiger partial charge on any atom is 0.223 e. The van der Waals surface area contributed by atoms with Gasteiger partial charge in [0.15, 0.2) is 0 Å². The molecule has 5 heteroatoms. The van der Waals surface area contributed by atoms with Crippen molar-refractivity contribution >= 4 is 11.9 Å². The first-order valence-corrected chi connectivity index (χ1v) is 7.10. The average Bonchev–Trinajstić information content (AvgIpc) is 3.21. The van der Waals surface area contributed by atoms with Crippen LogP contribution in [0.2, 0.25) is 0 Å². The normalized spacial score (nSPS) is 22.9. The van der Waals surface area contributed by atoms with Crippen molar-refractivity contribution in [3.8, 4) is 0 Å². The Balaban J connectivity index is 1.50. The Bertz CT molecular complexity index is 455. The fraction of sp³-hybridized carbons (Fsp3) is 0.643. The molecule has 0 aromatic carbocycles. The Morgan fingerprint density at radius 3 is 2.74 bits per heavy atom. The summed E-state index contributed by atoms with van der Waals surface area (Å²) in [5.74, 6) is 1.37. The van der Waals surface area contributed by atoms with Crippen LogP contribution in [-0.2, 0) is 11.2 Å². The third-order valence-electron chi connectivity index (χ3n) is 3.89. The van der Waals surface area contributed by atoms with Crippen LogP contribution in [0, 0.1) is 5.92 Å². The van der Waals surface area contributed by atoms with Crippen molar-refractivity contribution in [3.05, 3.63) is 18.0 Å². The Morgan fingerprint density at radius 1 is 1.37 bits per heavy atom. The Hall–Kier alpha value is -1.65. The molecule has 102 valence electrons. The van der Waals surface area contributed by atoms with E-state index in [1.807, 2.05) is 17.3 Å². The van der Waals surface area contributed by atoms with E-state index in [2.05, 4.69) is 22.2 Å². The highest BCUT2D eigenvalue weighted by molar-refractivity contribution is 5.79. The molecule has 2 heterocycles. The number of hydrogen-bond acceptors (Lipinski definition) is 4. The van der Waals surface area contributed by atoms with Gasteiger partial charge in [0.1, 0.15) is 0 Å². The lowest BCUT2D eigenvalue weighted by Crippen LogP contribution is -2.28. The third-order valence-corrected chi connectivity index (χ3v) is 3.89. The molecule has 3 rings (SSSR count). The maximum atomic E-state index is 11.8. The zero-order valence-corrected chi connectivity index (χ0v) is 11.3. The molecule has 2 fully saturated rings. The molecule has 19 heavy (non-hydrogen) atoms. The van der Waals surface area contributed by atoms with Gasteiger partial charge in [-0.3, -0.25) is 4.79 Å². The standard InChI is InChI=1S/C14H20N4O/c1-2-10-6-15-14(16-7-10)17-8-11-5-13(19)18(9-11)12-3-4-12/h6-7,11-12H,2-5,8-9H2,1H3,(H,15,16,17)/t11-/m0/s1. The molecular formula is C14H20N4O. The lowest BCUT2D eigenvalue weighted by molar-refractivity contribution is -0.128. The molecule has 1 saturated heterocycles. The van der Waals surface area contributed by atoms with Gasteiger partial charge in [-0.15, -0.1) is 0 Å². The zero-order chi connectivity index (χ0) is 13.2. The highest BCUT2D eigenvalue weighted by Gasteiger charge is 2.39. The molecule has 1 N–H and O–H groups in total. The van der Waals surface area contributed by atoms with Crippen LogP contribution in [0.4, 0.5) is 5.95 Å². The van der Waals surface area contributed by atoms with Gasteiger partial charge < -0.3 is 10.2 Å². The molecule has 5 nitrogen and oxygen atoms in total. The Kier molecular flexibility index (Phi) is 3.36. The Labute approximate surface area is 113 Å². The fourth-order valence-electron chi connectivity index (χ4n) is 2.55. The minimum atomic E-state index is 0.316. The summed E-state index contributed by atoms with van der Waals surface area (Å²) in [6, 6.07) is 0.539. The second-order valence-corrected chi connectivity index (χ2v) is 5.50. The summed E-state index contributed by atoms with van der Waals surface area (Å²) < 4.78 is 0. The molecule has 1 aromatic rings. The number of nitrogens with one attached hydrogen (secondary N) is 1. The number of carbonyl (C=O) groups is 1. The highest BCUT2D eigenvalue weighted by Crippen LogP contribution is 2.32. The number of anilines is 1. The van der Waals surface area contributed by atoms with E-state index < -0.39 is 0 Å². The monoisotopic (exact) mass is 260 g/mol. The van der Waals surface area contributed by atoms with E-state index >= 15 is 0 Å². The largest absolute Gasteiger partial charge is 0.354 e. The van der Waals surface area contributed by atoms with E-state index in [0.29, 0.717) is 30.2 Å². The topological polar surface area (TPSA) is 58.1 Å². The molecule has 0 unspecified atom stereocenters. The predicted octanol–water partition coefficient (Wildman–Crippen LogP) is 1.46. The maximum absolute atomic E-state index is 11.8. The molecular weight excluding hydrogens is 240 g/mol. The van der Waals surface area contributed by atoms with E-state index in [-0.39, 0.29) is 0 Å². The average molecular weight is 260 g/mol. The summed E-state index contributed by atoms with van der Waals surface area (Å²) in [5.41, 5.74) is 1.14. The van der Waals surface area contributed by atoms with E-state index in [9.17, 15) is 4.79 Å². The second kappa shape index (κ2) is 5.15. The Morgan fingerprint density at radius 2 is 2.11 bits per heavy atom. The molecule has 1 atom stereocenters. The second-order valence-electron chi connectivity index (χ2n) is 5.50. The van der Waals surface area contributed by atoms with Crippen molar-refractivity contribution in [2.75, 3.05) is 18.4 Å². The van der Waals surface area contributed by atoms with Crippen LogP contribution in [0.25, 0.3) is 0 Å². The smallest absolute Gasteiger partial charge is 0.223 e. The van der Waals surface area contributed by atoms with Gasteiger partial charge in [-0.25, -0.2) is 9.97 Å². The first-order chi connectivity index (χ1) is 9.26. The van der Waals surface area contributed by atoms with E-state index in [0.717, 1.165) is 25.1 Å². The van der Waals surface area contributed by atoms with Gasteiger partial charge >= 0.3 is 0 Å². The number of carbonyl (C=O) groups excluding carboxylic acids is 1. The summed E-state index contributed by atoms with van der Waals surface area (Å²) in [4.78, 5) is 22.4. The number of amides is 1. The third kappa shape index (κ3) is 2.85. The van der Waals surface area contributed by atoms with Crippen LogP contribution in [0.1, 0.15) is 31.7 Å². The molecule has 0 bridgehead atoms. The van der Waals surface area contributed by atoms with Crippen molar-refractivity contribution in [1.82, 2.24) is 14.9 Å². The molecule has 1 aromatic heterocycles. The van der Waals surface area contributed by atoms with Crippen molar-refractivity contribution in [3.63, 3.8) is 0 Å². The van der Waals surface area contributed by atoms with Crippen LogP contribution >= 0.6 is 0 Å². The molecule has 1 amide bonds. The van der Waals surface area contributed by atoms with Gasteiger partial charge in [-0.1, -0.05) is 6.92 Å². The molecule has 1 saturated carbocycles. The number of likely N-dealkylation sites (tertiary alicyclic amines) is 1. The van der Waals surface area contributed by atoms with Crippen LogP contribution in [0.3, 0.4) is 0 Å². The van der Waals surface area contributed by atoms with Crippen LogP contribution < -0.4 is 5.32 Å². The van der Waals surface area contributed by atoms with Gasteiger partial charge in [0, 0.05) is 43.9 Å². The molecule has 0 spiro atoms. The van der Waals surface area contributed by atoms with Crippen LogP contribution in [-0.4, -0.2) is 39.9 Å². The first-order valence-electron chi connectivity index (χ1n) is 7.10. The SMILES string of the molecule is CCc1cnc(NC[C@@H]2CC(=O)N(C3CC3)C2)nc1. The molecule has 0 radical (unpaired) electrons. The van der Waals surface area contributed by atoms with Gasteiger partial charge in [-0.05, 0) is 24.8 Å². The number of rotatable bonds is 5. The van der Waals surface area contributed by atoms with Gasteiger partial charge in [-0.2, -0.15) is 0 Å². The summed E-state index contributed by atoms with van der Waals surface area (Å²) >= 11 is 0. The number of nitrogens with zero attached hydrogens (tertiary/aromatic N) is 3. The van der Waals surface area contributed by atoms with E-state index in [4.69, 9.17) is 0 Å². The lowest BCUT2D eigenvalue weighted by Gasteiger charge is -2.15. The summed E-state index contributed by atoms with van der Waals surface area (Å²) in [6.07, 6.45) is 7.70. The number of aromatic nitrogens is 2. The zero-order valence-electron chi connectivity index (χ0n) is 11.3. The van der Waals surface area contributed by atoms with Crippen molar-refractivity contribution in [2.45, 2.75) is 38.6 Å².